The fourth-order valence-electron chi connectivity index (χ4n) is 2.97. The van der Waals surface area contributed by atoms with Crippen LogP contribution in [0, 0.1) is 0 Å². The van der Waals surface area contributed by atoms with Gasteiger partial charge in [0.05, 0.1) is 27.5 Å². The SMILES string of the molecule is CC(C)(Nc1ncc(-c2cn3cc(C(=O)O)ccc3n2)cn1)c1ncccc1Cl. The Hall–Kier alpha value is -3.52. The summed E-state index contributed by atoms with van der Waals surface area (Å²) in [7, 11) is 0. The van der Waals surface area contributed by atoms with Crippen molar-refractivity contribution in [1.29, 1.82) is 0 Å². The van der Waals surface area contributed by atoms with Crippen LogP contribution < -0.4 is 5.32 Å². The lowest BCUT2D eigenvalue weighted by Crippen LogP contribution is -2.30. The van der Waals surface area contributed by atoms with E-state index in [0.29, 0.717) is 33.6 Å². The summed E-state index contributed by atoms with van der Waals surface area (Å²) < 4.78 is 1.66. The number of hydrogen-bond acceptors (Lipinski definition) is 6. The zero-order valence-corrected chi connectivity index (χ0v) is 16.4. The van der Waals surface area contributed by atoms with Gasteiger partial charge in [-0.3, -0.25) is 4.98 Å². The Morgan fingerprint density at radius 3 is 2.59 bits per heavy atom. The fourth-order valence-corrected chi connectivity index (χ4v) is 3.32. The van der Waals surface area contributed by atoms with E-state index in [1.165, 1.54) is 12.3 Å². The van der Waals surface area contributed by atoms with Crippen LogP contribution in [0.15, 0.2) is 55.2 Å². The van der Waals surface area contributed by atoms with E-state index in [1.54, 1.807) is 47.4 Å². The molecule has 0 unspecified atom stereocenters. The monoisotopic (exact) mass is 408 g/mol. The van der Waals surface area contributed by atoms with Gasteiger partial charge in [0, 0.05) is 36.5 Å². The number of carboxylic acid groups (broad SMARTS) is 1. The largest absolute Gasteiger partial charge is 0.478 e. The van der Waals surface area contributed by atoms with Crippen LogP contribution in [0.4, 0.5) is 5.95 Å². The summed E-state index contributed by atoms with van der Waals surface area (Å²) in [5.41, 5.74) is 2.31. The molecule has 9 heteroatoms. The third-order valence-corrected chi connectivity index (χ3v) is 4.73. The summed E-state index contributed by atoms with van der Waals surface area (Å²) in [5, 5.41) is 12.9. The van der Waals surface area contributed by atoms with Gasteiger partial charge in [-0.15, -0.1) is 0 Å². The number of carboxylic acids is 1. The molecule has 4 heterocycles. The normalized spacial score (nSPS) is 11.6. The number of imidazole rings is 1. The lowest BCUT2D eigenvalue weighted by Gasteiger charge is -2.26. The second kappa shape index (κ2) is 7.14. The maximum Gasteiger partial charge on any atom is 0.337 e. The van der Waals surface area contributed by atoms with Gasteiger partial charge in [0.25, 0.3) is 0 Å². The van der Waals surface area contributed by atoms with Crippen LogP contribution in [-0.4, -0.2) is 35.4 Å². The first-order valence-corrected chi connectivity index (χ1v) is 9.15. The third kappa shape index (κ3) is 3.74. The Kier molecular flexibility index (Phi) is 4.63. The van der Waals surface area contributed by atoms with Crippen molar-refractivity contribution in [3.05, 3.63) is 71.5 Å². The minimum Gasteiger partial charge on any atom is -0.478 e. The third-order valence-electron chi connectivity index (χ3n) is 4.42. The molecule has 0 saturated heterocycles. The quantitative estimate of drug-likeness (QED) is 0.516. The van der Waals surface area contributed by atoms with Crippen molar-refractivity contribution in [3.63, 3.8) is 0 Å². The van der Waals surface area contributed by atoms with Crippen molar-refractivity contribution in [2.45, 2.75) is 19.4 Å². The van der Waals surface area contributed by atoms with Crippen LogP contribution in [0.2, 0.25) is 5.02 Å². The zero-order valence-electron chi connectivity index (χ0n) is 15.7. The molecule has 0 aliphatic heterocycles. The molecule has 0 aliphatic carbocycles. The van der Waals surface area contributed by atoms with Gasteiger partial charge in [-0.1, -0.05) is 11.6 Å². The van der Waals surface area contributed by atoms with Crippen LogP contribution in [-0.2, 0) is 5.54 Å². The second-order valence-electron chi connectivity index (χ2n) is 6.99. The van der Waals surface area contributed by atoms with E-state index in [2.05, 4.69) is 25.3 Å². The van der Waals surface area contributed by atoms with Crippen molar-refractivity contribution in [3.8, 4) is 11.3 Å². The lowest BCUT2D eigenvalue weighted by atomic mass is 10.00. The van der Waals surface area contributed by atoms with Crippen LogP contribution in [0.3, 0.4) is 0 Å². The highest BCUT2D eigenvalue weighted by Crippen LogP contribution is 2.28. The number of aromatic carboxylic acids is 1. The average molecular weight is 409 g/mol. The molecule has 0 aromatic carbocycles. The second-order valence-corrected chi connectivity index (χ2v) is 7.40. The minimum atomic E-state index is -0.989. The van der Waals surface area contributed by atoms with Crippen LogP contribution >= 0.6 is 11.6 Å². The molecule has 29 heavy (non-hydrogen) atoms. The van der Waals surface area contributed by atoms with Gasteiger partial charge in [-0.05, 0) is 38.1 Å². The number of nitrogens with zero attached hydrogens (tertiary/aromatic N) is 5. The zero-order chi connectivity index (χ0) is 20.6. The molecule has 4 aromatic rings. The smallest absolute Gasteiger partial charge is 0.337 e. The van der Waals surface area contributed by atoms with Crippen molar-refractivity contribution < 1.29 is 9.90 Å². The highest BCUT2D eigenvalue weighted by atomic mass is 35.5. The van der Waals surface area contributed by atoms with Gasteiger partial charge < -0.3 is 14.8 Å². The Balaban J connectivity index is 1.59. The average Bonchev–Trinajstić information content (AvgIpc) is 3.11. The highest BCUT2D eigenvalue weighted by Gasteiger charge is 2.25. The predicted molar refractivity (Wildman–Crippen MR) is 109 cm³/mol. The van der Waals surface area contributed by atoms with Gasteiger partial charge in [-0.2, -0.15) is 0 Å². The van der Waals surface area contributed by atoms with E-state index in [4.69, 9.17) is 16.7 Å². The standard InChI is InChI=1S/C20H17ClN6O2/c1-20(2,17-14(21)4-3-7-22-17)26-19-23-8-13(9-24-19)15-11-27-10-12(18(28)29)5-6-16(27)25-15/h3-11H,1-2H3,(H,28,29)(H,23,24,26). The van der Waals surface area contributed by atoms with Crippen LogP contribution in [0.1, 0.15) is 29.9 Å². The number of nitrogens with one attached hydrogen (secondary N) is 1. The van der Waals surface area contributed by atoms with Crippen molar-refractivity contribution in [2.75, 3.05) is 5.32 Å². The number of halogens is 1. The number of pyridine rings is 2. The molecule has 0 atom stereocenters. The van der Waals surface area contributed by atoms with Crippen molar-refractivity contribution in [1.82, 2.24) is 24.3 Å². The van der Waals surface area contributed by atoms with Crippen molar-refractivity contribution >= 4 is 29.2 Å². The number of fused-ring (bicyclic) bond motifs is 1. The fraction of sp³-hybridized carbons (Fsp3) is 0.150. The molecule has 0 bridgehead atoms. The molecule has 0 aliphatic rings. The van der Waals surface area contributed by atoms with E-state index >= 15 is 0 Å². The maximum atomic E-state index is 11.1. The predicted octanol–water partition coefficient (Wildman–Crippen LogP) is 3.89. The van der Waals surface area contributed by atoms with E-state index in [-0.39, 0.29) is 5.56 Å². The molecule has 2 N–H and O–H groups in total. The van der Waals surface area contributed by atoms with Gasteiger partial charge in [0.1, 0.15) is 5.65 Å². The Bertz CT molecular complexity index is 1200. The van der Waals surface area contributed by atoms with Crippen molar-refractivity contribution in [2.24, 2.45) is 0 Å². The molecule has 146 valence electrons. The summed E-state index contributed by atoms with van der Waals surface area (Å²) in [6.45, 7) is 3.89. The number of hydrogen-bond donors (Lipinski definition) is 2. The minimum absolute atomic E-state index is 0.188. The van der Waals surface area contributed by atoms with E-state index in [0.717, 1.165) is 0 Å². The highest BCUT2D eigenvalue weighted by molar-refractivity contribution is 6.31. The molecule has 8 nitrogen and oxygen atoms in total. The first kappa shape index (κ1) is 18.8. The molecule has 4 aromatic heterocycles. The van der Waals surface area contributed by atoms with Gasteiger partial charge in [-0.25, -0.2) is 19.7 Å². The summed E-state index contributed by atoms with van der Waals surface area (Å²) >= 11 is 6.26. The molecule has 0 spiro atoms. The van der Waals surface area contributed by atoms with E-state index in [1.807, 2.05) is 13.8 Å². The first-order valence-electron chi connectivity index (χ1n) is 8.77. The number of aromatic nitrogens is 5. The molecule has 0 saturated carbocycles. The summed E-state index contributed by atoms with van der Waals surface area (Å²) in [6, 6.07) is 6.74. The number of anilines is 1. The summed E-state index contributed by atoms with van der Waals surface area (Å²) in [5.74, 6) is -0.561. The maximum absolute atomic E-state index is 11.1. The van der Waals surface area contributed by atoms with E-state index in [9.17, 15) is 4.79 Å². The molecular weight excluding hydrogens is 392 g/mol. The molecule has 0 radical (unpaired) electrons. The first-order chi connectivity index (χ1) is 13.8. The van der Waals surface area contributed by atoms with Gasteiger partial charge in [0.2, 0.25) is 5.95 Å². The lowest BCUT2D eigenvalue weighted by molar-refractivity contribution is 0.0696. The van der Waals surface area contributed by atoms with Gasteiger partial charge >= 0.3 is 5.97 Å². The Morgan fingerprint density at radius 2 is 1.90 bits per heavy atom. The molecule has 0 fully saturated rings. The molecule has 0 amide bonds. The number of rotatable bonds is 5. The molecular formula is C20H17ClN6O2. The topological polar surface area (TPSA) is 105 Å². The molecule has 4 rings (SSSR count). The summed E-state index contributed by atoms with van der Waals surface area (Å²) in [4.78, 5) is 28.7. The van der Waals surface area contributed by atoms with E-state index < -0.39 is 11.5 Å². The Morgan fingerprint density at radius 1 is 1.14 bits per heavy atom. The van der Waals surface area contributed by atoms with Crippen LogP contribution in [0.25, 0.3) is 16.9 Å². The Labute approximate surface area is 171 Å². The van der Waals surface area contributed by atoms with Gasteiger partial charge in [0.15, 0.2) is 0 Å². The van der Waals surface area contributed by atoms with Crippen LogP contribution in [0.5, 0.6) is 0 Å². The number of carbonyl (C=O) groups is 1. The summed E-state index contributed by atoms with van der Waals surface area (Å²) in [6.07, 6.45) is 8.26.